The minimum Gasteiger partial charge on any atom is -0.354 e. The number of benzene rings is 4. The van der Waals surface area contributed by atoms with Crippen LogP contribution < -0.4 is 9.62 Å². The van der Waals surface area contributed by atoms with Crippen LogP contribution in [0.4, 0.5) is 5.69 Å². The van der Waals surface area contributed by atoms with Gasteiger partial charge in [-0.3, -0.25) is 13.9 Å². The van der Waals surface area contributed by atoms with E-state index < -0.39 is 28.5 Å². The number of carbonyl (C=O) groups is 2. The third kappa shape index (κ3) is 9.51. The fourth-order valence-electron chi connectivity index (χ4n) is 4.76. The van der Waals surface area contributed by atoms with Crippen LogP contribution in [0.15, 0.2) is 117 Å². The zero-order chi connectivity index (χ0) is 32.6. The first kappa shape index (κ1) is 34.4. The van der Waals surface area contributed by atoms with E-state index in [2.05, 4.69) is 37.2 Å². The molecule has 4 aromatic rings. The van der Waals surface area contributed by atoms with E-state index in [0.29, 0.717) is 16.7 Å². The molecule has 0 aliphatic heterocycles. The molecule has 1 atom stereocenters. The largest absolute Gasteiger partial charge is 0.354 e. The molecule has 0 aromatic heterocycles. The zero-order valence-electron chi connectivity index (χ0n) is 25.5. The van der Waals surface area contributed by atoms with E-state index in [4.69, 9.17) is 0 Å². The van der Waals surface area contributed by atoms with Crippen LogP contribution in [0.1, 0.15) is 30.5 Å². The molecular formula is C35H37Br2N3O4S. The van der Waals surface area contributed by atoms with Crippen LogP contribution in [0.5, 0.6) is 0 Å². The second-order valence-corrected chi connectivity index (χ2v) is 15.0. The quantitative estimate of drug-likeness (QED) is 0.158. The van der Waals surface area contributed by atoms with Crippen molar-refractivity contribution >= 4 is 59.4 Å². The maximum atomic E-state index is 14.5. The lowest BCUT2D eigenvalue weighted by atomic mass is 10.0. The van der Waals surface area contributed by atoms with Crippen LogP contribution in [-0.2, 0) is 32.6 Å². The van der Waals surface area contributed by atoms with Gasteiger partial charge in [0.25, 0.3) is 10.0 Å². The topological polar surface area (TPSA) is 86.8 Å². The van der Waals surface area contributed by atoms with E-state index in [0.717, 1.165) is 25.5 Å². The highest BCUT2D eigenvalue weighted by atomic mass is 79.9. The number of anilines is 1. The third-order valence-corrected chi connectivity index (χ3v) is 10.0. The van der Waals surface area contributed by atoms with Crippen molar-refractivity contribution < 1.29 is 18.0 Å². The average Bonchev–Trinajstić information content (AvgIpc) is 3.01. The second kappa shape index (κ2) is 15.7. The molecule has 4 rings (SSSR count). The highest BCUT2D eigenvalue weighted by molar-refractivity contribution is 9.10. The summed E-state index contributed by atoms with van der Waals surface area (Å²) in [6, 6.07) is 29.5. The monoisotopic (exact) mass is 753 g/mol. The van der Waals surface area contributed by atoms with Crippen LogP contribution in [-0.4, -0.2) is 44.3 Å². The lowest BCUT2D eigenvalue weighted by Crippen LogP contribution is -2.53. The molecule has 0 aliphatic carbocycles. The minimum atomic E-state index is -4.16. The number of hydrogen-bond acceptors (Lipinski definition) is 4. The Labute approximate surface area is 283 Å². The van der Waals surface area contributed by atoms with Gasteiger partial charge in [0.2, 0.25) is 11.8 Å². The third-order valence-electron chi connectivity index (χ3n) is 7.21. The first-order valence-electron chi connectivity index (χ1n) is 14.6. The van der Waals surface area contributed by atoms with Crippen molar-refractivity contribution in [1.82, 2.24) is 10.2 Å². The molecule has 10 heteroatoms. The van der Waals surface area contributed by atoms with Crippen molar-refractivity contribution in [3.8, 4) is 0 Å². The average molecular weight is 756 g/mol. The molecule has 0 radical (unpaired) electrons. The van der Waals surface area contributed by atoms with Gasteiger partial charge in [0, 0.05) is 28.5 Å². The number of sulfonamides is 1. The molecule has 0 spiro atoms. The highest BCUT2D eigenvalue weighted by Crippen LogP contribution is 2.27. The Morgan fingerprint density at radius 2 is 1.47 bits per heavy atom. The molecule has 236 valence electrons. The number of rotatable bonds is 13. The summed E-state index contributed by atoms with van der Waals surface area (Å²) in [6.07, 6.45) is 0.259. The fourth-order valence-corrected chi connectivity index (χ4v) is 6.82. The molecule has 7 nitrogen and oxygen atoms in total. The Morgan fingerprint density at radius 3 is 2.09 bits per heavy atom. The van der Waals surface area contributed by atoms with Gasteiger partial charge in [0.15, 0.2) is 0 Å². The van der Waals surface area contributed by atoms with Crippen molar-refractivity contribution in [3.05, 3.63) is 129 Å². The molecule has 0 unspecified atom stereocenters. The van der Waals surface area contributed by atoms with Crippen molar-refractivity contribution in [2.45, 2.75) is 44.7 Å². The van der Waals surface area contributed by atoms with E-state index in [1.54, 1.807) is 36.4 Å². The van der Waals surface area contributed by atoms with Gasteiger partial charge in [0.05, 0.1) is 10.6 Å². The van der Waals surface area contributed by atoms with Crippen molar-refractivity contribution in [3.63, 3.8) is 0 Å². The summed E-state index contributed by atoms with van der Waals surface area (Å²) >= 11 is 6.90. The van der Waals surface area contributed by atoms with Crippen molar-refractivity contribution in [1.29, 1.82) is 0 Å². The van der Waals surface area contributed by atoms with Crippen LogP contribution >= 0.6 is 31.9 Å². The Kier molecular flexibility index (Phi) is 12.0. The lowest BCUT2D eigenvalue weighted by molar-refractivity contribution is -0.140. The molecule has 0 heterocycles. The number of amides is 2. The molecule has 0 saturated heterocycles. The maximum Gasteiger partial charge on any atom is 0.264 e. The summed E-state index contributed by atoms with van der Waals surface area (Å²) in [5.41, 5.74) is 2.92. The zero-order valence-corrected chi connectivity index (χ0v) is 29.5. The van der Waals surface area contributed by atoms with Crippen LogP contribution in [0.25, 0.3) is 0 Å². The summed E-state index contributed by atoms with van der Waals surface area (Å²) in [5.74, 6) is -0.601. The van der Waals surface area contributed by atoms with E-state index in [1.807, 2.05) is 75.4 Å². The van der Waals surface area contributed by atoms with Gasteiger partial charge in [-0.2, -0.15) is 0 Å². The SMILES string of the molecule is Cc1ccc(S(=O)(=O)N(CC(=O)N(Cc2ccc(Br)cc2)[C@@H](Cc2ccccc2)C(=O)NCC(C)C)c2cccc(Br)c2)cc1. The van der Waals surface area contributed by atoms with Crippen molar-refractivity contribution in [2.75, 3.05) is 17.4 Å². The van der Waals surface area contributed by atoms with Gasteiger partial charge >= 0.3 is 0 Å². The Morgan fingerprint density at radius 1 is 0.800 bits per heavy atom. The summed E-state index contributed by atoms with van der Waals surface area (Å²) in [6.45, 7) is 5.92. The number of halogens is 2. The molecule has 1 N–H and O–H groups in total. The highest BCUT2D eigenvalue weighted by Gasteiger charge is 2.34. The Hall–Kier alpha value is -3.47. The van der Waals surface area contributed by atoms with E-state index in [9.17, 15) is 18.0 Å². The van der Waals surface area contributed by atoms with E-state index in [-0.39, 0.29) is 29.7 Å². The van der Waals surface area contributed by atoms with Gasteiger partial charge in [-0.25, -0.2) is 8.42 Å². The lowest BCUT2D eigenvalue weighted by Gasteiger charge is -2.34. The van der Waals surface area contributed by atoms with Gasteiger partial charge < -0.3 is 10.2 Å². The molecule has 0 saturated carbocycles. The van der Waals surface area contributed by atoms with Gasteiger partial charge in [-0.05, 0) is 66.4 Å². The first-order chi connectivity index (χ1) is 21.4. The summed E-state index contributed by atoms with van der Waals surface area (Å²) < 4.78 is 30.9. The number of nitrogens with zero attached hydrogens (tertiary/aromatic N) is 2. The van der Waals surface area contributed by atoms with Crippen LogP contribution in [0, 0.1) is 12.8 Å². The molecule has 0 aliphatic rings. The summed E-state index contributed by atoms with van der Waals surface area (Å²) in [4.78, 5) is 29.9. The maximum absolute atomic E-state index is 14.5. The fraction of sp³-hybridized carbons (Fsp3) is 0.257. The normalized spacial score (nSPS) is 12.0. The Balaban J connectivity index is 1.79. The van der Waals surface area contributed by atoms with Crippen LogP contribution in [0.2, 0.25) is 0 Å². The Bertz CT molecular complexity index is 1700. The number of aryl methyl sites for hydroxylation is 1. The van der Waals surface area contributed by atoms with Gasteiger partial charge in [-0.1, -0.05) is 112 Å². The van der Waals surface area contributed by atoms with Crippen molar-refractivity contribution in [2.24, 2.45) is 5.92 Å². The molecule has 0 fully saturated rings. The summed E-state index contributed by atoms with van der Waals surface area (Å²) in [5, 5.41) is 3.01. The van der Waals surface area contributed by atoms with E-state index in [1.165, 1.54) is 17.0 Å². The minimum absolute atomic E-state index is 0.0656. The van der Waals surface area contributed by atoms with Gasteiger partial charge in [0.1, 0.15) is 12.6 Å². The van der Waals surface area contributed by atoms with E-state index >= 15 is 0 Å². The molecule has 0 bridgehead atoms. The predicted octanol–water partition coefficient (Wildman–Crippen LogP) is 7.13. The molecule has 2 amide bonds. The molecule has 45 heavy (non-hydrogen) atoms. The number of hydrogen-bond donors (Lipinski definition) is 1. The first-order valence-corrected chi connectivity index (χ1v) is 17.7. The standard InChI is InChI=1S/C35H37Br2N3O4S/c1-25(2)22-38-35(42)33(20-27-8-5-4-6-9-27)39(23-28-14-16-29(36)17-15-28)34(41)24-40(31-11-7-10-30(37)21-31)45(43,44)32-18-12-26(3)13-19-32/h4-19,21,25,33H,20,22-24H2,1-3H3,(H,38,42)/t33-/m0/s1. The van der Waals surface area contributed by atoms with Gasteiger partial charge in [-0.15, -0.1) is 0 Å². The number of nitrogens with one attached hydrogen (secondary N) is 1. The second-order valence-electron chi connectivity index (χ2n) is 11.3. The predicted molar refractivity (Wildman–Crippen MR) is 186 cm³/mol. The molecular weight excluding hydrogens is 718 g/mol. The number of carbonyl (C=O) groups excluding carboxylic acids is 2. The summed E-state index contributed by atoms with van der Waals surface area (Å²) in [7, 11) is -4.16. The van der Waals surface area contributed by atoms with Crippen LogP contribution in [0.3, 0.4) is 0 Å². The molecule has 4 aromatic carbocycles. The smallest absolute Gasteiger partial charge is 0.264 e.